The first-order chi connectivity index (χ1) is 7.47. The van der Waals surface area contributed by atoms with E-state index in [0.717, 1.165) is 12.8 Å². The highest BCUT2D eigenvalue weighted by Crippen LogP contribution is 2.01. The molecular weight excluding hydrogens is 208 g/mol. The van der Waals surface area contributed by atoms with Crippen LogP contribution in [0.15, 0.2) is 0 Å². The molecule has 94 valence electrons. The minimum Gasteiger partial charge on any atom is -0.394 e. The van der Waals surface area contributed by atoms with Crippen LogP contribution in [0.4, 0.5) is 0 Å². The van der Waals surface area contributed by atoms with E-state index < -0.39 is 6.04 Å². The summed E-state index contributed by atoms with van der Waals surface area (Å²) in [5.74, 6) is -0.0429. The average molecular weight is 230 g/mol. The molecule has 0 bridgehead atoms. The molecule has 3 N–H and O–H groups in total. The third kappa shape index (κ3) is 7.23. The quantitative estimate of drug-likeness (QED) is 0.540. The standard InChI is InChI=1S/C11H22N2O3/c1-8(2)5-4-6-12-11(16)10(7-14)13-9(3)15/h8,10,14H,4-7H2,1-3H3,(H,12,16)(H,13,15). The fourth-order valence-electron chi connectivity index (χ4n) is 1.28. The van der Waals surface area contributed by atoms with E-state index in [9.17, 15) is 9.59 Å². The lowest BCUT2D eigenvalue weighted by Gasteiger charge is -2.15. The lowest BCUT2D eigenvalue weighted by Crippen LogP contribution is -2.48. The van der Waals surface area contributed by atoms with Crippen LogP contribution in [0, 0.1) is 5.92 Å². The predicted octanol–water partition coefficient (Wildman–Crippen LogP) is 0.0358. The van der Waals surface area contributed by atoms with Gasteiger partial charge in [-0.25, -0.2) is 0 Å². The minimum absolute atomic E-state index is 0.323. The molecule has 0 spiro atoms. The molecule has 0 aromatic heterocycles. The molecule has 0 rings (SSSR count). The number of rotatable bonds is 7. The first-order valence-electron chi connectivity index (χ1n) is 5.63. The van der Waals surface area contributed by atoms with E-state index in [1.807, 2.05) is 0 Å². The first-order valence-corrected chi connectivity index (χ1v) is 5.63. The molecule has 0 saturated carbocycles. The van der Waals surface area contributed by atoms with E-state index >= 15 is 0 Å². The zero-order valence-electron chi connectivity index (χ0n) is 10.2. The van der Waals surface area contributed by atoms with Gasteiger partial charge in [0.15, 0.2) is 0 Å². The fourth-order valence-corrected chi connectivity index (χ4v) is 1.28. The van der Waals surface area contributed by atoms with Gasteiger partial charge in [0.2, 0.25) is 11.8 Å². The van der Waals surface area contributed by atoms with Gasteiger partial charge in [-0.15, -0.1) is 0 Å². The van der Waals surface area contributed by atoms with Crippen LogP contribution in [0.2, 0.25) is 0 Å². The molecule has 16 heavy (non-hydrogen) atoms. The SMILES string of the molecule is CC(=O)NC(CO)C(=O)NCCCC(C)C. The van der Waals surface area contributed by atoms with Crippen LogP contribution in [-0.4, -0.2) is 36.1 Å². The smallest absolute Gasteiger partial charge is 0.244 e. The van der Waals surface area contributed by atoms with Crippen molar-refractivity contribution in [3.63, 3.8) is 0 Å². The van der Waals surface area contributed by atoms with Gasteiger partial charge in [-0.3, -0.25) is 9.59 Å². The molecule has 0 saturated heterocycles. The predicted molar refractivity (Wildman–Crippen MR) is 61.8 cm³/mol. The number of hydrogen-bond acceptors (Lipinski definition) is 3. The third-order valence-electron chi connectivity index (χ3n) is 2.13. The van der Waals surface area contributed by atoms with Gasteiger partial charge in [-0.1, -0.05) is 13.8 Å². The Bertz CT molecular complexity index is 229. The van der Waals surface area contributed by atoms with E-state index in [1.54, 1.807) is 0 Å². The van der Waals surface area contributed by atoms with Gasteiger partial charge in [0.1, 0.15) is 6.04 Å². The summed E-state index contributed by atoms with van der Waals surface area (Å²) in [6, 6.07) is -0.837. The van der Waals surface area contributed by atoms with Gasteiger partial charge in [0, 0.05) is 13.5 Å². The highest BCUT2D eigenvalue weighted by Gasteiger charge is 2.17. The summed E-state index contributed by atoms with van der Waals surface area (Å²) in [4.78, 5) is 22.2. The number of carbonyl (C=O) groups is 2. The Labute approximate surface area is 96.6 Å². The largest absolute Gasteiger partial charge is 0.394 e. The maximum absolute atomic E-state index is 11.5. The summed E-state index contributed by atoms with van der Waals surface area (Å²) in [7, 11) is 0. The van der Waals surface area contributed by atoms with Crippen LogP contribution in [0.1, 0.15) is 33.6 Å². The van der Waals surface area contributed by atoms with E-state index in [1.165, 1.54) is 6.92 Å². The van der Waals surface area contributed by atoms with Crippen molar-refractivity contribution in [3.05, 3.63) is 0 Å². The summed E-state index contributed by atoms with van der Waals surface area (Å²) in [6.45, 7) is 5.75. The molecule has 0 aliphatic carbocycles. The van der Waals surface area contributed by atoms with Crippen molar-refractivity contribution in [2.75, 3.05) is 13.2 Å². The number of aliphatic hydroxyl groups excluding tert-OH is 1. The van der Waals surface area contributed by atoms with Crippen LogP contribution in [0.3, 0.4) is 0 Å². The van der Waals surface area contributed by atoms with Crippen molar-refractivity contribution in [2.45, 2.75) is 39.7 Å². The monoisotopic (exact) mass is 230 g/mol. The zero-order valence-corrected chi connectivity index (χ0v) is 10.2. The summed E-state index contributed by atoms with van der Waals surface area (Å²) >= 11 is 0. The Morgan fingerprint density at radius 1 is 1.31 bits per heavy atom. The van der Waals surface area contributed by atoms with Crippen LogP contribution in [0.5, 0.6) is 0 Å². The van der Waals surface area contributed by atoms with Crippen molar-refractivity contribution < 1.29 is 14.7 Å². The molecule has 0 radical (unpaired) electrons. The normalized spacial score (nSPS) is 12.3. The topological polar surface area (TPSA) is 78.4 Å². The molecular formula is C11H22N2O3. The summed E-state index contributed by atoms with van der Waals surface area (Å²) in [5.41, 5.74) is 0. The number of hydrogen-bond donors (Lipinski definition) is 3. The highest BCUT2D eigenvalue weighted by atomic mass is 16.3. The van der Waals surface area contributed by atoms with Crippen LogP contribution in [-0.2, 0) is 9.59 Å². The van der Waals surface area contributed by atoms with Gasteiger partial charge in [0.05, 0.1) is 6.61 Å². The van der Waals surface area contributed by atoms with Crippen LogP contribution >= 0.6 is 0 Å². The molecule has 1 atom stereocenters. The van der Waals surface area contributed by atoms with Gasteiger partial charge >= 0.3 is 0 Å². The molecule has 0 aliphatic heterocycles. The van der Waals surface area contributed by atoms with E-state index in [-0.39, 0.29) is 18.4 Å². The van der Waals surface area contributed by atoms with Crippen LogP contribution in [0.25, 0.3) is 0 Å². The van der Waals surface area contributed by atoms with Crippen molar-refractivity contribution >= 4 is 11.8 Å². The van der Waals surface area contributed by atoms with E-state index in [4.69, 9.17) is 5.11 Å². The number of nitrogens with one attached hydrogen (secondary N) is 2. The Hall–Kier alpha value is -1.10. The fraction of sp³-hybridized carbons (Fsp3) is 0.818. The molecule has 2 amide bonds. The highest BCUT2D eigenvalue weighted by molar-refractivity contribution is 5.86. The summed E-state index contributed by atoms with van der Waals surface area (Å²) < 4.78 is 0. The van der Waals surface area contributed by atoms with Crippen molar-refractivity contribution in [3.8, 4) is 0 Å². The summed E-state index contributed by atoms with van der Waals surface area (Å²) in [5, 5.41) is 14.0. The van der Waals surface area contributed by atoms with Crippen molar-refractivity contribution in [2.24, 2.45) is 5.92 Å². The summed E-state index contributed by atoms with van der Waals surface area (Å²) in [6.07, 6.45) is 1.95. The lowest BCUT2D eigenvalue weighted by molar-refractivity contribution is -0.129. The Kier molecular flexibility index (Phi) is 7.54. The minimum atomic E-state index is -0.837. The third-order valence-corrected chi connectivity index (χ3v) is 2.13. The van der Waals surface area contributed by atoms with E-state index in [0.29, 0.717) is 12.5 Å². The van der Waals surface area contributed by atoms with Gasteiger partial charge in [-0.2, -0.15) is 0 Å². The number of aliphatic hydroxyl groups is 1. The lowest BCUT2D eigenvalue weighted by atomic mass is 10.1. The zero-order chi connectivity index (χ0) is 12.6. The van der Waals surface area contributed by atoms with E-state index in [2.05, 4.69) is 24.5 Å². The molecule has 0 aliphatic rings. The molecule has 1 unspecified atom stereocenters. The number of carbonyl (C=O) groups excluding carboxylic acids is 2. The Morgan fingerprint density at radius 2 is 1.94 bits per heavy atom. The maximum atomic E-state index is 11.5. The van der Waals surface area contributed by atoms with Crippen LogP contribution < -0.4 is 10.6 Å². The van der Waals surface area contributed by atoms with Crippen molar-refractivity contribution in [1.29, 1.82) is 0 Å². The molecule has 0 heterocycles. The first kappa shape index (κ1) is 14.9. The second-order valence-electron chi connectivity index (χ2n) is 4.26. The van der Waals surface area contributed by atoms with Gasteiger partial charge < -0.3 is 15.7 Å². The second kappa shape index (κ2) is 8.10. The molecule has 5 nitrogen and oxygen atoms in total. The average Bonchev–Trinajstić information content (AvgIpc) is 2.20. The second-order valence-corrected chi connectivity index (χ2v) is 4.26. The maximum Gasteiger partial charge on any atom is 0.244 e. The van der Waals surface area contributed by atoms with Crippen molar-refractivity contribution in [1.82, 2.24) is 10.6 Å². The molecule has 5 heteroatoms. The Balaban J connectivity index is 3.80. The Morgan fingerprint density at radius 3 is 2.38 bits per heavy atom. The molecule has 0 fully saturated rings. The molecule has 0 aromatic rings. The molecule has 0 aromatic carbocycles. The van der Waals surface area contributed by atoms with Gasteiger partial charge in [0.25, 0.3) is 0 Å². The van der Waals surface area contributed by atoms with Gasteiger partial charge in [-0.05, 0) is 18.8 Å². The number of amides is 2.